The Bertz CT molecular complexity index is 392. The molecule has 1 aromatic heterocycles. The van der Waals surface area contributed by atoms with E-state index in [9.17, 15) is 4.79 Å². The third-order valence-electron chi connectivity index (χ3n) is 2.72. The highest BCUT2D eigenvalue weighted by molar-refractivity contribution is 7.98. The summed E-state index contributed by atoms with van der Waals surface area (Å²) in [5.74, 6) is -0.0713. The number of aromatic nitrogens is 1. The molecule has 17 heavy (non-hydrogen) atoms. The summed E-state index contributed by atoms with van der Waals surface area (Å²) in [6, 6.07) is 3.57. The van der Waals surface area contributed by atoms with Crippen molar-refractivity contribution < 1.29 is 9.53 Å². The molecule has 1 aliphatic heterocycles. The number of pyridine rings is 1. The van der Waals surface area contributed by atoms with Gasteiger partial charge in [0, 0.05) is 19.3 Å². The Hall–Kier alpha value is -1.07. The number of rotatable bonds is 4. The molecular formula is C12H16N2O2S. The second kappa shape index (κ2) is 6.02. The number of hydrogen-bond donors (Lipinski definition) is 1. The van der Waals surface area contributed by atoms with Crippen molar-refractivity contribution >= 4 is 17.7 Å². The molecule has 0 saturated carbocycles. The highest BCUT2D eigenvalue weighted by atomic mass is 32.2. The zero-order valence-corrected chi connectivity index (χ0v) is 10.6. The normalized spacial score (nSPS) is 19.2. The minimum absolute atomic E-state index is 0.0713. The van der Waals surface area contributed by atoms with Gasteiger partial charge in [0.05, 0.1) is 11.7 Å². The van der Waals surface area contributed by atoms with Crippen molar-refractivity contribution in [1.29, 1.82) is 0 Å². The average Bonchev–Trinajstić information content (AvgIpc) is 2.89. The first-order chi connectivity index (χ1) is 8.31. The number of carbonyl (C=O) groups excluding carboxylic acids is 1. The van der Waals surface area contributed by atoms with Gasteiger partial charge >= 0.3 is 0 Å². The lowest BCUT2D eigenvalue weighted by Crippen LogP contribution is -2.32. The van der Waals surface area contributed by atoms with Crippen molar-refractivity contribution in [1.82, 2.24) is 10.3 Å². The first-order valence-corrected chi connectivity index (χ1v) is 6.92. The minimum Gasteiger partial charge on any atom is -0.376 e. The fourth-order valence-corrected chi connectivity index (χ4v) is 2.38. The van der Waals surface area contributed by atoms with Crippen LogP contribution in [-0.4, -0.2) is 36.4 Å². The SMILES string of the molecule is CSc1ncccc1C(=O)NC[C@H]1CCCO1. The molecule has 92 valence electrons. The van der Waals surface area contributed by atoms with E-state index < -0.39 is 0 Å². The van der Waals surface area contributed by atoms with E-state index in [1.165, 1.54) is 11.8 Å². The molecular weight excluding hydrogens is 236 g/mol. The van der Waals surface area contributed by atoms with Crippen LogP contribution in [0.4, 0.5) is 0 Å². The zero-order valence-electron chi connectivity index (χ0n) is 9.81. The van der Waals surface area contributed by atoms with E-state index in [0.29, 0.717) is 12.1 Å². The summed E-state index contributed by atoms with van der Waals surface area (Å²) >= 11 is 1.48. The fourth-order valence-electron chi connectivity index (χ4n) is 1.83. The maximum Gasteiger partial charge on any atom is 0.254 e. The number of thioether (sulfide) groups is 1. The summed E-state index contributed by atoms with van der Waals surface area (Å²) in [6.45, 7) is 1.39. The zero-order chi connectivity index (χ0) is 12.1. The van der Waals surface area contributed by atoms with Crippen molar-refractivity contribution in [3.8, 4) is 0 Å². The lowest BCUT2D eigenvalue weighted by atomic mass is 10.2. The van der Waals surface area contributed by atoms with Gasteiger partial charge in [-0.1, -0.05) is 0 Å². The summed E-state index contributed by atoms with van der Waals surface area (Å²) in [5, 5.41) is 3.66. The molecule has 1 aliphatic rings. The summed E-state index contributed by atoms with van der Waals surface area (Å²) in [4.78, 5) is 16.1. The largest absolute Gasteiger partial charge is 0.376 e. The van der Waals surface area contributed by atoms with Gasteiger partial charge in [0.1, 0.15) is 5.03 Å². The third-order valence-corrected chi connectivity index (χ3v) is 3.44. The van der Waals surface area contributed by atoms with E-state index in [1.807, 2.05) is 6.26 Å². The number of amides is 1. The second-order valence-electron chi connectivity index (χ2n) is 3.91. The molecule has 1 N–H and O–H groups in total. The predicted octanol–water partition coefficient (Wildman–Crippen LogP) is 1.71. The molecule has 1 saturated heterocycles. The topological polar surface area (TPSA) is 51.2 Å². The Balaban J connectivity index is 1.94. The Morgan fingerprint density at radius 3 is 3.29 bits per heavy atom. The van der Waals surface area contributed by atoms with Gasteiger partial charge in [0.2, 0.25) is 0 Å². The molecule has 2 heterocycles. The van der Waals surface area contributed by atoms with Crippen LogP contribution < -0.4 is 5.32 Å². The Morgan fingerprint density at radius 1 is 1.71 bits per heavy atom. The summed E-state index contributed by atoms with van der Waals surface area (Å²) in [7, 11) is 0. The van der Waals surface area contributed by atoms with Gasteiger partial charge < -0.3 is 10.1 Å². The van der Waals surface area contributed by atoms with Crippen molar-refractivity contribution in [3.63, 3.8) is 0 Å². The van der Waals surface area contributed by atoms with Crippen LogP contribution in [-0.2, 0) is 4.74 Å². The maximum absolute atomic E-state index is 12.0. The standard InChI is InChI=1S/C12H16N2O2S/c1-17-12-10(5-2-6-13-12)11(15)14-8-9-4-3-7-16-9/h2,5-6,9H,3-4,7-8H2,1H3,(H,14,15)/t9-/m1/s1. The van der Waals surface area contributed by atoms with Crippen LogP contribution >= 0.6 is 11.8 Å². The maximum atomic E-state index is 12.0. The Kier molecular flexibility index (Phi) is 4.39. The van der Waals surface area contributed by atoms with Crippen LogP contribution in [0.15, 0.2) is 23.4 Å². The van der Waals surface area contributed by atoms with E-state index in [4.69, 9.17) is 4.74 Å². The molecule has 1 atom stereocenters. The molecule has 1 fully saturated rings. The van der Waals surface area contributed by atoms with E-state index in [1.54, 1.807) is 18.3 Å². The smallest absolute Gasteiger partial charge is 0.254 e. The Morgan fingerprint density at radius 2 is 2.59 bits per heavy atom. The highest BCUT2D eigenvalue weighted by Gasteiger charge is 2.17. The minimum atomic E-state index is -0.0713. The van der Waals surface area contributed by atoms with Gasteiger partial charge in [-0.3, -0.25) is 4.79 Å². The summed E-state index contributed by atoms with van der Waals surface area (Å²) < 4.78 is 5.46. The number of ether oxygens (including phenoxy) is 1. The Labute approximate surface area is 105 Å². The van der Waals surface area contributed by atoms with Crippen LogP contribution in [0.3, 0.4) is 0 Å². The number of nitrogens with zero attached hydrogens (tertiary/aromatic N) is 1. The predicted molar refractivity (Wildman–Crippen MR) is 67.3 cm³/mol. The van der Waals surface area contributed by atoms with Gasteiger partial charge in [0.25, 0.3) is 5.91 Å². The van der Waals surface area contributed by atoms with E-state index in [-0.39, 0.29) is 12.0 Å². The highest BCUT2D eigenvalue weighted by Crippen LogP contribution is 2.17. The molecule has 2 rings (SSSR count). The number of nitrogens with one attached hydrogen (secondary N) is 1. The molecule has 0 aliphatic carbocycles. The van der Waals surface area contributed by atoms with Crippen molar-refractivity contribution in [2.24, 2.45) is 0 Å². The van der Waals surface area contributed by atoms with Crippen molar-refractivity contribution in [2.45, 2.75) is 24.0 Å². The van der Waals surface area contributed by atoms with Gasteiger partial charge in [0.15, 0.2) is 0 Å². The van der Waals surface area contributed by atoms with E-state index >= 15 is 0 Å². The average molecular weight is 252 g/mol. The van der Waals surface area contributed by atoms with Crippen molar-refractivity contribution in [3.05, 3.63) is 23.9 Å². The van der Waals surface area contributed by atoms with Gasteiger partial charge in [-0.05, 0) is 31.2 Å². The van der Waals surface area contributed by atoms with Crippen LogP contribution in [0.5, 0.6) is 0 Å². The number of hydrogen-bond acceptors (Lipinski definition) is 4. The van der Waals surface area contributed by atoms with Gasteiger partial charge in [-0.2, -0.15) is 0 Å². The lowest BCUT2D eigenvalue weighted by molar-refractivity contribution is 0.0855. The molecule has 0 radical (unpaired) electrons. The van der Waals surface area contributed by atoms with Crippen LogP contribution in [0.1, 0.15) is 23.2 Å². The van der Waals surface area contributed by atoms with Gasteiger partial charge in [-0.15, -0.1) is 11.8 Å². The van der Waals surface area contributed by atoms with Crippen LogP contribution in [0.25, 0.3) is 0 Å². The third kappa shape index (κ3) is 3.20. The summed E-state index contributed by atoms with van der Waals surface area (Å²) in [6.07, 6.45) is 5.90. The molecule has 0 aromatic carbocycles. The first kappa shape index (κ1) is 12.4. The number of carbonyl (C=O) groups is 1. The molecule has 4 nitrogen and oxygen atoms in total. The molecule has 0 bridgehead atoms. The van der Waals surface area contributed by atoms with E-state index in [2.05, 4.69) is 10.3 Å². The summed E-state index contributed by atoms with van der Waals surface area (Å²) in [5.41, 5.74) is 0.637. The molecule has 0 spiro atoms. The van der Waals surface area contributed by atoms with Gasteiger partial charge in [-0.25, -0.2) is 4.98 Å². The second-order valence-corrected chi connectivity index (χ2v) is 4.70. The molecule has 5 heteroatoms. The van der Waals surface area contributed by atoms with Crippen LogP contribution in [0, 0.1) is 0 Å². The van der Waals surface area contributed by atoms with Crippen LogP contribution in [0.2, 0.25) is 0 Å². The molecule has 0 unspecified atom stereocenters. The molecule has 1 aromatic rings. The monoisotopic (exact) mass is 252 g/mol. The molecule has 1 amide bonds. The quantitative estimate of drug-likeness (QED) is 0.829. The van der Waals surface area contributed by atoms with Crippen molar-refractivity contribution in [2.75, 3.05) is 19.4 Å². The fraction of sp³-hybridized carbons (Fsp3) is 0.500. The van der Waals surface area contributed by atoms with E-state index in [0.717, 1.165) is 24.5 Å². The lowest BCUT2D eigenvalue weighted by Gasteiger charge is -2.11. The first-order valence-electron chi connectivity index (χ1n) is 5.70.